The molecule has 142 valence electrons. The van der Waals surface area contributed by atoms with E-state index >= 15 is 0 Å². The fourth-order valence-corrected chi connectivity index (χ4v) is 2.93. The van der Waals surface area contributed by atoms with Crippen LogP contribution >= 0.6 is 0 Å². The molecule has 1 aromatic carbocycles. The second-order valence-corrected chi connectivity index (χ2v) is 6.19. The average Bonchev–Trinajstić information content (AvgIpc) is 3.07. The second-order valence-electron chi connectivity index (χ2n) is 6.19. The van der Waals surface area contributed by atoms with E-state index in [2.05, 4.69) is 0 Å². The third-order valence-electron chi connectivity index (χ3n) is 4.26. The van der Waals surface area contributed by atoms with E-state index in [9.17, 15) is 29.2 Å². The first-order chi connectivity index (χ1) is 12.3. The summed E-state index contributed by atoms with van der Waals surface area (Å²) in [6.45, 7) is 1.55. The number of rotatable bonds is 8. The molecule has 0 radical (unpaired) electrons. The SMILES string of the molecule is CC(=O)CCCOc1cc([N+](=O)[O-])c(C(=O)N2CCC[C@H]2CO)cc1F. The summed E-state index contributed by atoms with van der Waals surface area (Å²) in [6, 6.07) is 1.26. The van der Waals surface area contributed by atoms with E-state index in [0.29, 0.717) is 25.8 Å². The number of Topliss-reactive ketones (excluding diaryl/α,β-unsaturated/α-hetero) is 1. The molecule has 1 aromatic rings. The fourth-order valence-electron chi connectivity index (χ4n) is 2.93. The Morgan fingerprint density at radius 2 is 2.19 bits per heavy atom. The highest BCUT2D eigenvalue weighted by atomic mass is 19.1. The lowest BCUT2D eigenvalue weighted by atomic mass is 10.1. The Morgan fingerprint density at radius 3 is 2.81 bits per heavy atom. The van der Waals surface area contributed by atoms with Crippen LogP contribution in [0.2, 0.25) is 0 Å². The van der Waals surface area contributed by atoms with Gasteiger partial charge in [0.1, 0.15) is 11.3 Å². The van der Waals surface area contributed by atoms with Gasteiger partial charge in [0.25, 0.3) is 11.6 Å². The van der Waals surface area contributed by atoms with Crippen molar-refractivity contribution in [2.45, 2.75) is 38.6 Å². The van der Waals surface area contributed by atoms with Gasteiger partial charge in [0, 0.05) is 13.0 Å². The van der Waals surface area contributed by atoms with E-state index in [1.54, 1.807) is 0 Å². The smallest absolute Gasteiger partial charge is 0.286 e. The van der Waals surface area contributed by atoms with Gasteiger partial charge in [0.05, 0.1) is 30.2 Å². The first-order valence-electron chi connectivity index (χ1n) is 8.37. The monoisotopic (exact) mass is 368 g/mol. The number of nitro benzene ring substituents is 1. The van der Waals surface area contributed by atoms with Crippen LogP contribution in [-0.4, -0.2) is 52.4 Å². The van der Waals surface area contributed by atoms with E-state index in [-0.39, 0.29) is 36.7 Å². The number of aliphatic hydroxyl groups excluding tert-OH is 1. The molecule has 0 unspecified atom stereocenters. The molecule has 0 aromatic heterocycles. The molecule has 1 saturated heterocycles. The van der Waals surface area contributed by atoms with Crippen molar-refractivity contribution in [3.8, 4) is 5.75 Å². The predicted molar refractivity (Wildman–Crippen MR) is 89.6 cm³/mol. The third-order valence-corrected chi connectivity index (χ3v) is 4.26. The number of benzene rings is 1. The number of nitrogens with zero attached hydrogens (tertiary/aromatic N) is 2. The van der Waals surface area contributed by atoms with Crippen LogP contribution in [0.4, 0.5) is 10.1 Å². The van der Waals surface area contributed by atoms with Gasteiger partial charge in [0.15, 0.2) is 11.6 Å². The summed E-state index contributed by atoms with van der Waals surface area (Å²) in [5.74, 6) is -1.95. The molecule has 1 heterocycles. The Bertz CT molecular complexity index is 709. The molecule has 1 aliphatic heterocycles. The summed E-state index contributed by atoms with van der Waals surface area (Å²) in [6.07, 6.45) is 1.88. The van der Waals surface area contributed by atoms with Gasteiger partial charge in [-0.15, -0.1) is 0 Å². The molecule has 1 atom stereocenters. The van der Waals surface area contributed by atoms with Gasteiger partial charge in [-0.2, -0.15) is 0 Å². The molecular weight excluding hydrogens is 347 g/mol. The minimum Gasteiger partial charge on any atom is -0.490 e. The largest absolute Gasteiger partial charge is 0.490 e. The van der Waals surface area contributed by atoms with Crippen LogP contribution in [0.15, 0.2) is 12.1 Å². The standard InChI is InChI=1S/C17H21FN2O6/c1-11(22)4-3-7-26-16-9-15(20(24)25)13(8-14(16)18)17(23)19-6-2-5-12(19)10-21/h8-9,12,21H,2-7,10H2,1H3/t12-/m0/s1. The normalized spacial score (nSPS) is 16.6. The minimum atomic E-state index is -0.887. The lowest BCUT2D eigenvalue weighted by Crippen LogP contribution is -2.38. The number of amides is 1. The Labute approximate surface area is 149 Å². The highest BCUT2D eigenvalue weighted by molar-refractivity contribution is 5.98. The van der Waals surface area contributed by atoms with Crippen molar-refractivity contribution in [1.82, 2.24) is 4.90 Å². The second kappa shape index (κ2) is 8.70. The zero-order chi connectivity index (χ0) is 19.3. The first-order valence-corrected chi connectivity index (χ1v) is 8.37. The number of halogens is 1. The Kier molecular flexibility index (Phi) is 6.62. The number of ketones is 1. The molecule has 0 spiro atoms. The van der Waals surface area contributed by atoms with Crippen LogP contribution in [0, 0.1) is 15.9 Å². The fraction of sp³-hybridized carbons (Fsp3) is 0.529. The lowest BCUT2D eigenvalue weighted by Gasteiger charge is -2.23. The number of likely N-dealkylation sites (tertiary alicyclic amines) is 1. The number of aliphatic hydroxyl groups is 1. The van der Waals surface area contributed by atoms with Crippen LogP contribution in [0.5, 0.6) is 5.75 Å². The number of hydrogen-bond acceptors (Lipinski definition) is 6. The predicted octanol–water partition coefficient (Wildman–Crippen LogP) is 2.08. The van der Waals surface area contributed by atoms with Gasteiger partial charge in [-0.05, 0) is 32.3 Å². The molecule has 0 aliphatic carbocycles. The van der Waals surface area contributed by atoms with Crippen molar-refractivity contribution in [3.05, 3.63) is 33.6 Å². The van der Waals surface area contributed by atoms with E-state index in [0.717, 1.165) is 12.1 Å². The van der Waals surface area contributed by atoms with E-state index < -0.39 is 28.4 Å². The molecular formula is C17H21FN2O6. The van der Waals surface area contributed by atoms with E-state index in [1.807, 2.05) is 0 Å². The molecule has 0 bridgehead atoms. The summed E-state index contributed by atoms with van der Waals surface area (Å²) < 4.78 is 19.5. The quantitative estimate of drug-likeness (QED) is 0.427. The molecule has 1 fully saturated rings. The molecule has 2 rings (SSSR count). The molecule has 26 heavy (non-hydrogen) atoms. The highest BCUT2D eigenvalue weighted by Crippen LogP contribution is 2.31. The molecule has 9 heteroatoms. The number of carbonyl (C=O) groups excluding carboxylic acids is 2. The van der Waals surface area contributed by atoms with Gasteiger partial charge in [-0.1, -0.05) is 0 Å². The zero-order valence-corrected chi connectivity index (χ0v) is 14.4. The Morgan fingerprint density at radius 1 is 1.46 bits per heavy atom. The molecule has 0 saturated carbocycles. The Hall–Kier alpha value is -2.55. The van der Waals surface area contributed by atoms with Crippen LogP contribution in [0.25, 0.3) is 0 Å². The minimum absolute atomic E-state index is 0.0274. The van der Waals surface area contributed by atoms with E-state index in [4.69, 9.17) is 4.74 Å². The van der Waals surface area contributed by atoms with Crippen molar-refractivity contribution >= 4 is 17.4 Å². The van der Waals surface area contributed by atoms with Crippen molar-refractivity contribution in [2.24, 2.45) is 0 Å². The maximum absolute atomic E-state index is 14.3. The molecule has 8 nitrogen and oxygen atoms in total. The highest BCUT2D eigenvalue weighted by Gasteiger charge is 2.33. The maximum Gasteiger partial charge on any atom is 0.286 e. The number of nitro groups is 1. The van der Waals surface area contributed by atoms with Gasteiger partial charge in [0.2, 0.25) is 0 Å². The van der Waals surface area contributed by atoms with E-state index in [1.165, 1.54) is 11.8 Å². The molecule has 1 aliphatic rings. The van der Waals surface area contributed by atoms with Gasteiger partial charge >= 0.3 is 0 Å². The van der Waals surface area contributed by atoms with Gasteiger partial charge in [-0.25, -0.2) is 4.39 Å². The van der Waals surface area contributed by atoms with Gasteiger partial charge < -0.3 is 19.5 Å². The summed E-state index contributed by atoms with van der Waals surface area (Å²) in [5, 5.41) is 20.7. The third kappa shape index (κ3) is 4.54. The van der Waals surface area contributed by atoms with Crippen molar-refractivity contribution in [2.75, 3.05) is 19.8 Å². The number of carbonyl (C=O) groups is 2. The number of ether oxygens (including phenoxy) is 1. The van der Waals surface area contributed by atoms with Crippen molar-refractivity contribution < 1.29 is 28.7 Å². The molecule has 1 amide bonds. The van der Waals surface area contributed by atoms with Crippen molar-refractivity contribution in [1.29, 1.82) is 0 Å². The number of hydrogen-bond donors (Lipinski definition) is 1. The molecule has 1 N–H and O–H groups in total. The van der Waals surface area contributed by atoms with Crippen LogP contribution < -0.4 is 4.74 Å². The maximum atomic E-state index is 14.3. The van der Waals surface area contributed by atoms with Crippen LogP contribution in [0.1, 0.15) is 43.0 Å². The van der Waals surface area contributed by atoms with Gasteiger partial charge in [-0.3, -0.25) is 14.9 Å². The topological polar surface area (TPSA) is 110 Å². The first kappa shape index (κ1) is 19.8. The average molecular weight is 368 g/mol. The van der Waals surface area contributed by atoms with Crippen LogP contribution in [-0.2, 0) is 4.79 Å². The Balaban J connectivity index is 2.24. The summed E-state index contributed by atoms with van der Waals surface area (Å²) in [7, 11) is 0. The summed E-state index contributed by atoms with van der Waals surface area (Å²) >= 11 is 0. The van der Waals surface area contributed by atoms with Crippen LogP contribution in [0.3, 0.4) is 0 Å². The lowest BCUT2D eigenvalue weighted by molar-refractivity contribution is -0.385. The summed E-state index contributed by atoms with van der Waals surface area (Å²) in [5.41, 5.74) is -0.925. The van der Waals surface area contributed by atoms with Crippen molar-refractivity contribution in [3.63, 3.8) is 0 Å². The zero-order valence-electron chi connectivity index (χ0n) is 14.4. The summed E-state index contributed by atoms with van der Waals surface area (Å²) in [4.78, 5) is 35.4.